The minimum Gasteiger partial charge on any atom is -0.323 e. The van der Waals surface area contributed by atoms with Gasteiger partial charge in [0.2, 0.25) is 0 Å². The molecule has 0 bridgehead atoms. The van der Waals surface area contributed by atoms with Gasteiger partial charge in [0.25, 0.3) is 11.8 Å². The summed E-state index contributed by atoms with van der Waals surface area (Å²) in [6, 6.07) is 6.81. The Kier molecular flexibility index (Phi) is 5.65. The molecule has 4 fully saturated rings. The maximum absolute atomic E-state index is 13.2. The lowest BCUT2D eigenvalue weighted by atomic mass is 9.73. The van der Waals surface area contributed by atoms with Crippen LogP contribution in [-0.4, -0.2) is 44.8 Å². The molecule has 2 saturated carbocycles. The first-order valence-electron chi connectivity index (χ1n) is 12.6. The number of carbonyl (C=O) groups is 4. The molecule has 2 saturated heterocycles. The van der Waals surface area contributed by atoms with Crippen LogP contribution in [0.15, 0.2) is 24.3 Å². The van der Waals surface area contributed by atoms with Gasteiger partial charge < -0.3 is 10.6 Å². The average molecular weight is 467 g/mol. The Morgan fingerprint density at radius 2 is 1.09 bits per heavy atom. The van der Waals surface area contributed by atoms with Crippen LogP contribution >= 0.6 is 0 Å². The standard InChI is InChI=1S/C26H34N4O4/c1-17-7-3-5-13-25(17)21(31)29(23(33)27-25)15-19-9-11-20(12-10-19)16-30-22(32)26(28-24(30)34)14-6-4-8-18(26)2/h9-12,17-18H,3-8,13-16H2,1-2H3,(H,27,33)(H,28,34)/t17-,18-,25-,26+/m0/s1. The van der Waals surface area contributed by atoms with Crippen LogP contribution in [0.25, 0.3) is 0 Å². The number of imide groups is 2. The molecule has 4 aliphatic rings. The summed E-state index contributed by atoms with van der Waals surface area (Å²) in [6.07, 6.45) is 7.34. The Morgan fingerprint density at radius 1 is 0.706 bits per heavy atom. The highest BCUT2D eigenvalue weighted by Crippen LogP contribution is 2.40. The van der Waals surface area contributed by atoms with E-state index < -0.39 is 11.1 Å². The lowest BCUT2D eigenvalue weighted by molar-refractivity contribution is -0.135. The molecule has 4 atom stereocenters. The van der Waals surface area contributed by atoms with Crippen LogP contribution in [0.5, 0.6) is 0 Å². The molecular weight excluding hydrogens is 432 g/mol. The van der Waals surface area contributed by atoms with Gasteiger partial charge in [0.1, 0.15) is 11.1 Å². The van der Waals surface area contributed by atoms with Crippen LogP contribution < -0.4 is 10.6 Å². The van der Waals surface area contributed by atoms with Crippen molar-refractivity contribution in [1.82, 2.24) is 20.4 Å². The zero-order valence-electron chi connectivity index (χ0n) is 20.1. The Balaban J connectivity index is 1.26. The third-order valence-electron chi connectivity index (χ3n) is 8.71. The summed E-state index contributed by atoms with van der Waals surface area (Å²) in [5.41, 5.74) is 0.153. The molecule has 8 heteroatoms. The van der Waals surface area contributed by atoms with Crippen LogP contribution in [0.2, 0.25) is 0 Å². The summed E-state index contributed by atoms with van der Waals surface area (Å²) >= 11 is 0. The minimum absolute atomic E-state index is 0.125. The van der Waals surface area contributed by atoms with E-state index in [4.69, 9.17) is 0 Å². The van der Waals surface area contributed by atoms with Crippen molar-refractivity contribution in [3.63, 3.8) is 0 Å². The minimum atomic E-state index is -0.759. The molecule has 182 valence electrons. The third-order valence-corrected chi connectivity index (χ3v) is 8.71. The summed E-state index contributed by atoms with van der Waals surface area (Å²) in [5, 5.41) is 5.98. The zero-order chi connectivity index (χ0) is 24.1. The highest BCUT2D eigenvalue weighted by atomic mass is 16.2. The molecular formula is C26H34N4O4. The fourth-order valence-corrected chi connectivity index (χ4v) is 6.39. The molecule has 0 radical (unpaired) electrons. The molecule has 1 aromatic carbocycles. The molecule has 2 aliphatic heterocycles. The largest absolute Gasteiger partial charge is 0.325 e. The first-order valence-corrected chi connectivity index (χ1v) is 12.6. The summed E-state index contributed by atoms with van der Waals surface area (Å²) in [7, 11) is 0. The van der Waals surface area contributed by atoms with Gasteiger partial charge in [-0.25, -0.2) is 9.59 Å². The first-order chi connectivity index (χ1) is 16.3. The van der Waals surface area contributed by atoms with Gasteiger partial charge in [-0.3, -0.25) is 19.4 Å². The predicted octanol–water partition coefficient (Wildman–Crippen LogP) is 3.69. The number of amides is 6. The van der Waals surface area contributed by atoms with Gasteiger partial charge in [-0.15, -0.1) is 0 Å². The number of nitrogens with zero attached hydrogens (tertiary/aromatic N) is 2. The Bertz CT molecular complexity index is 943. The van der Waals surface area contributed by atoms with E-state index in [2.05, 4.69) is 10.6 Å². The summed E-state index contributed by atoms with van der Waals surface area (Å²) in [6.45, 7) is 4.51. The molecule has 0 aromatic heterocycles. The molecule has 5 rings (SSSR count). The molecule has 2 heterocycles. The van der Waals surface area contributed by atoms with Crippen molar-refractivity contribution in [3.05, 3.63) is 35.4 Å². The van der Waals surface area contributed by atoms with Gasteiger partial charge in [-0.05, 0) is 48.6 Å². The van der Waals surface area contributed by atoms with Crippen molar-refractivity contribution in [2.75, 3.05) is 0 Å². The number of hydrogen-bond acceptors (Lipinski definition) is 4. The highest BCUT2D eigenvalue weighted by molar-refractivity contribution is 6.08. The zero-order valence-corrected chi connectivity index (χ0v) is 20.1. The van der Waals surface area contributed by atoms with Gasteiger partial charge in [-0.2, -0.15) is 0 Å². The number of nitrogens with one attached hydrogen (secondary N) is 2. The maximum Gasteiger partial charge on any atom is 0.325 e. The highest BCUT2D eigenvalue weighted by Gasteiger charge is 2.55. The summed E-state index contributed by atoms with van der Waals surface area (Å²) in [4.78, 5) is 54.4. The SMILES string of the molecule is C[C@H]1CCCC[C@@]12NC(=O)N(Cc1ccc(CN3C(=O)N[C@]4(CCCC[C@@H]4C)C3=O)cc1)C2=O. The van der Waals surface area contributed by atoms with E-state index in [1.807, 2.05) is 38.1 Å². The normalized spacial score (nSPS) is 33.7. The molecule has 2 spiro atoms. The molecule has 1 aromatic rings. The maximum atomic E-state index is 13.2. The van der Waals surface area contributed by atoms with E-state index in [0.29, 0.717) is 12.8 Å². The average Bonchev–Trinajstić information content (AvgIpc) is 3.20. The number of carbonyl (C=O) groups excluding carboxylic acids is 4. The molecule has 34 heavy (non-hydrogen) atoms. The topological polar surface area (TPSA) is 98.8 Å². The molecule has 2 N–H and O–H groups in total. The fourth-order valence-electron chi connectivity index (χ4n) is 6.39. The Morgan fingerprint density at radius 3 is 1.44 bits per heavy atom. The van der Waals surface area contributed by atoms with Crippen molar-refractivity contribution < 1.29 is 19.2 Å². The number of hydrogen-bond donors (Lipinski definition) is 2. The van der Waals surface area contributed by atoms with Crippen molar-refractivity contribution >= 4 is 23.9 Å². The van der Waals surface area contributed by atoms with Gasteiger partial charge in [0.15, 0.2) is 0 Å². The van der Waals surface area contributed by atoms with Gasteiger partial charge in [0.05, 0.1) is 13.1 Å². The first kappa shape index (κ1) is 22.9. The fraction of sp³-hybridized carbons (Fsp3) is 0.615. The van der Waals surface area contributed by atoms with E-state index in [1.54, 1.807) is 0 Å². The van der Waals surface area contributed by atoms with E-state index >= 15 is 0 Å². The van der Waals surface area contributed by atoms with Crippen molar-refractivity contribution in [2.45, 2.75) is 89.4 Å². The third kappa shape index (κ3) is 3.49. The second-order valence-electron chi connectivity index (χ2n) is 10.7. The van der Waals surface area contributed by atoms with Crippen LogP contribution in [-0.2, 0) is 22.7 Å². The van der Waals surface area contributed by atoms with Crippen molar-refractivity contribution in [3.8, 4) is 0 Å². The summed E-state index contributed by atoms with van der Waals surface area (Å²) in [5.74, 6) is 0.00816. The predicted molar refractivity (Wildman–Crippen MR) is 125 cm³/mol. The monoisotopic (exact) mass is 466 g/mol. The Hall–Kier alpha value is -2.90. The Labute approximate surface area is 200 Å². The van der Waals surface area contributed by atoms with Gasteiger partial charge in [0, 0.05) is 0 Å². The second-order valence-corrected chi connectivity index (χ2v) is 10.7. The van der Waals surface area contributed by atoms with Crippen LogP contribution in [0.4, 0.5) is 9.59 Å². The van der Waals surface area contributed by atoms with Crippen molar-refractivity contribution in [2.24, 2.45) is 11.8 Å². The van der Waals surface area contributed by atoms with Crippen LogP contribution in [0.1, 0.15) is 76.3 Å². The van der Waals surface area contributed by atoms with E-state index in [9.17, 15) is 19.2 Å². The molecule has 0 unspecified atom stereocenters. The number of urea groups is 2. The lowest BCUT2D eigenvalue weighted by Crippen LogP contribution is -2.53. The number of rotatable bonds is 4. The van der Waals surface area contributed by atoms with Crippen molar-refractivity contribution in [1.29, 1.82) is 0 Å². The van der Waals surface area contributed by atoms with E-state index in [1.165, 1.54) is 9.80 Å². The summed E-state index contributed by atoms with van der Waals surface area (Å²) < 4.78 is 0. The lowest BCUT2D eigenvalue weighted by Gasteiger charge is -2.36. The van der Waals surface area contributed by atoms with E-state index in [0.717, 1.165) is 49.7 Å². The van der Waals surface area contributed by atoms with Crippen LogP contribution in [0, 0.1) is 11.8 Å². The van der Waals surface area contributed by atoms with Gasteiger partial charge in [-0.1, -0.05) is 63.8 Å². The molecule has 8 nitrogen and oxygen atoms in total. The van der Waals surface area contributed by atoms with E-state index in [-0.39, 0.29) is 48.8 Å². The quantitative estimate of drug-likeness (QED) is 0.661. The molecule has 2 aliphatic carbocycles. The smallest absolute Gasteiger partial charge is 0.323 e. The second kappa shape index (κ2) is 8.40. The molecule has 6 amide bonds. The van der Waals surface area contributed by atoms with Crippen LogP contribution in [0.3, 0.4) is 0 Å². The van der Waals surface area contributed by atoms with Gasteiger partial charge >= 0.3 is 12.1 Å². The number of benzene rings is 1.